The Kier molecular flexibility index (Phi) is 8.72. The van der Waals surface area contributed by atoms with E-state index in [9.17, 15) is 19.1 Å². The molecule has 1 aliphatic heterocycles. The van der Waals surface area contributed by atoms with E-state index in [1.807, 2.05) is 5.06 Å². The summed E-state index contributed by atoms with van der Waals surface area (Å²) in [4.78, 5) is 34.1. The molecule has 2 fully saturated rings. The molecule has 1 saturated carbocycles. The second-order valence-electron chi connectivity index (χ2n) is 10.6. The Labute approximate surface area is 230 Å². The number of nitrogens with one attached hydrogen (secondary N) is 1. The van der Waals surface area contributed by atoms with Crippen LogP contribution in [-0.4, -0.2) is 58.8 Å². The number of ketones is 1. The average Bonchev–Trinajstić information content (AvgIpc) is 3.55. The number of carbonyl (C=O) groups is 2. The summed E-state index contributed by atoms with van der Waals surface area (Å²) in [6.07, 6.45) is 4.32. The second-order valence-corrected chi connectivity index (χ2v) is 10.6. The summed E-state index contributed by atoms with van der Waals surface area (Å²) in [5.41, 5.74) is 1.59. The number of fused-ring (bicyclic) bond motifs is 1. The summed E-state index contributed by atoms with van der Waals surface area (Å²) in [6, 6.07) is 7.36. The smallest absolute Gasteiger partial charge is 0.306 e. The minimum Gasteiger partial charge on any atom is -0.481 e. The molecule has 0 unspecified atom stereocenters. The topological polar surface area (TPSA) is 114 Å². The van der Waals surface area contributed by atoms with Crippen LogP contribution in [0.15, 0.2) is 34.7 Å². The fourth-order valence-electron chi connectivity index (χ4n) is 5.33. The van der Waals surface area contributed by atoms with Gasteiger partial charge in [-0.1, -0.05) is 12.1 Å². The van der Waals surface area contributed by atoms with Gasteiger partial charge < -0.3 is 19.6 Å². The van der Waals surface area contributed by atoms with E-state index in [0.717, 1.165) is 24.9 Å². The number of carbonyl (C=O) groups excluding carboxylic acids is 1. The van der Waals surface area contributed by atoms with Crippen molar-refractivity contribution in [2.24, 2.45) is 5.92 Å². The van der Waals surface area contributed by atoms with Crippen LogP contribution in [0.3, 0.4) is 0 Å². The first-order chi connectivity index (χ1) is 19.3. The second kappa shape index (κ2) is 12.4. The number of ether oxygens (including phenoxy) is 1. The lowest BCUT2D eigenvalue weighted by Crippen LogP contribution is -2.38. The maximum absolute atomic E-state index is 15.2. The minimum atomic E-state index is -0.742. The molecule has 2 heterocycles. The van der Waals surface area contributed by atoms with E-state index in [0.29, 0.717) is 38.0 Å². The number of anilines is 2. The van der Waals surface area contributed by atoms with E-state index in [1.54, 1.807) is 19.1 Å². The Bertz CT molecular complexity index is 1370. The van der Waals surface area contributed by atoms with Crippen molar-refractivity contribution < 1.29 is 37.5 Å². The Morgan fingerprint density at radius 2 is 1.95 bits per heavy atom. The van der Waals surface area contributed by atoms with E-state index in [-0.39, 0.29) is 59.6 Å². The zero-order chi connectivity index (χ0) is 28.2. The van der Waals surface area contributed by atoms with Gasteiger partial charge in [-0.2, -0.15) is 10.0 Å². The van der Waals surface area contributed by atoms with Gasteiger partial charge in [-0.3, -0.25) is 14.4 Å². The Hall–Kier alpha value is -3.41. The average molecular weight is 558 g/mol. The number of benzene rings is 2. The van der Waals surface area contributed by atoms with Gasteiger partial charge in [0.05, 0.1) is 24.7 Å². The quantitative estimate of drug-likeness (QED) is 0.323. The molecule has 2 N–H and O–H groups in total. The molecule has 5 rings (SSSR count). The molecule has 1 atom stereocenters. The first-order valence-electron chi connectivity index (χ1n) is 13.6. The molecular formula is C29H33F2N3O6. The number of halogens is 2. The van der Waals surface area contributed by atoms with Crippen LogP contribution in [0.2, 0.25) is 0 Å². The van der Waals surface area contributed by atoms with Crippen LogP contribution in [0.5, 0.6) is 0 Å². The summed E-state index contributed by atoms with van der Waals surface area (Å²) in [5, 5.41) is 14.0. The van der Waals surface area contributed by atoms with Gasteiger partial charge in [0, 0.05) is 18.7 Å². The van der Waals surface area contributed by atoms with Crippen molar-refractivity contribution in [3.8, 4) is 0 Å². The predicted molar refractivity (Wildman–Crippen MR) is 142 cm³/mol. The number of carboxylic acids is 1. The molecule has 3 aromatic rings. The van der Waals surface area contributed by atoms with E-state index in [1.165, 1.54) is 18.2 Å². The summed E-state index contributed by atoms with van der Waals surface area (Å²) >= 11 is 0. The van der Waals surface area contributed by atoms with Crippen molar-refractivity contribution in [1.29, 1.82) is 0 Å². The molecule has 214 valence electrons. The molecule has 0 radical (unpaired) electrons. The van der Waals surface area contributed by atoms with E-state index in [2.05, 4.69) is 10.3 Å². The van der Waals surface area contributed by atoms with Crippen LogP contribution in [0.1, 0.15) is 49.7 Å². The van der Waals surface area contributed by atoms with Crippen LogP contribution in [0, 0.1) is 24.5 Å². The van der Waals surface area contributed by atoms with E-state index in [4.69, 9.17) is 14.0 Å². The molecule has 2 aromatic carbocycles. The zero-order valence-corrected chi connectivity index (χ0v) is 22.3. The lowest BCUT2D eigenvalue weighted by atomic mass is 9.88. The van der Waals surface area contributed by atoms with Crippen molar-refractivity contribution in [2.45, 2.75) is 64.0 Å². The molecule has 0 spiro atoms. The Balaban J connectivity index is 1.11. The third-order valence-electron chi connectivity index (χ3n) is 7.61. The molecule has 0 amide bonds. The first-order valence-corrected chi connectivity index (χ1v) is 13.6. The number of Topliss-reactive ketones (excluding diaryl/α,β-unsaturated/α-hetero) is 1. The number of aromatic nitrogens is 1. The van der Waals surface area contributed by atoms with Crippen LogP contribution < -0.4 is 5.32 Å². The van der Waals surface area contributed by atoms with E-state index < -0.39 is 17.6 Å². The highest BCUT2D eigenvalue weighted by atomic mass is 19.1. The molecule has 9 nitrogen and oxygen atoms in total. The number of rotatable bonds is 11. The van der Waals surface area contributed by atoms with Gasteiger partial charge in [-0.25, -0.2) is 8.78 Å². The SMILES string of the molecule is Cc1ccc(F)cc1Nc1nc2ccc(CC(=O)COC[C@@H]3CCCN3O[C@H]3CC[C@H](C(=O)O)CC3)c(F)c2o1. The summed E-state index contributed by atoms with van der Waals surface area (Å²) in [5.74, 6) is -2.40. The number of hydrogen-bond acceptors (Lipinski definition) is 8. The fourth-order valence-corrected chi connectivity index (χ4v) is 5.33. The fraction of sp³-hybridized carbons (Fsp3) is 0.483. The highest BCUT2D eigenvalue weighted by Crippen LogP contribution is 2.30. The lowest BCUT2D eigenvalue weighted by molar-refractivity contribution is -0.221. The molecule has 11 heteroatoms. The number of hydrogen-bond donors (Lipinski definition) is 2. The highest BCUT2D eigenvalue weighted by molar-refractivity contribution is 5.84. The standard InChI is InChI=1S/C29H33F2N3O6/c1-17-4-8-20(30)14-25(17)33-29-32-24-11-7-19(26(31)27(24)39-29)13-22(35)16-38-15-21-3-2-12-34(21)40-23-9-5-18(6-10-23)28(36)37/h4,7-8,11,14,18,21,23H,2-3,5-6,9-10,12-13,15-16H2,1H3,(H,32,33)(H,36,37)/t18-,21-,23-/m0/s1. The van der Waals surface area contributed by atoms with Gasteiger partial charge in [-0.15, -0.1) is 0 Å². The molecule has 1 saturated heterocycles. The van der Waals surface area contributed by atoms with Crippen LogP contribution >= 0.6 is 0 Å². The van der Waals surface area contributed by atoms with Crippen LogP contribution in [0.25, 0.3) is 11.1 Å². The summed E-state index contributed by atoms with van der Waals surface area (Å²) in [6.45, 7) is 2.71. The van der Waals surface area contributed by atoms with Gasteiger partial charge in [0.1, 0.15) is 17.9 Å². The number of nitrogens with zero attached hydrogens (tertiary/aromatic N) is 2. The van der Waals surface area contributed by atoms with Gasteiger partial charge in [0.25, 0.3) is 6.01 Å². The maximum Gasteiger partial charge on any atom is 0.306 e. The van der Waals surface area contributed by atoms with Gasteiger partial charge in [0.2, 0.25) is 0 Å². The molecule has 1 aliphatic carbocycles. The number of oxazole rings is 1. The lowest BCUT2D eigenvalue weighted by Gasteiger charge is -2.32. The molecule has 40 heavy (non-hydrogen) atoms. The number of aryl methyl sites for hydroxylation is 1. The monoisotopic (exact) mass is 557 g/mol. The Morgan fingerprint density at radius 1 is 1.15 bits per heavy atom. The zero-order valence-electron chi connectivity index (χ0n) is 22.3. The summed E-state index contributed by atoms with van der Waals surface area (Å²) < 4.78 is 40.0. The highest BCUT2D eigenvalue weighted by Gasteiger charge is 2.32. The van der Waals surface area contributed by atoms with Crippen molar-refractivity contribution in [3.63, 3.8) is 0 Å². The van der Waals surface area contributed by atoms with Gasteiger partial charge >= 0.3 is 5.97 Å². The number of carboxylic acid groups (broad SMARTS) is 1. The van der Waals surface area contributed by atoms with Crippen molar-refractivity contribution in [1.82, 2.24) is 10.0 Å². The number of aliphatic carboxylic acids is 1. The molecule has 0 bridgehead atoms. The van der Waals surface area contributed by atoms with E-state index >= 15 is 4.39 Å². The van der Waals surface area contributed by atoms with Gasteiger partial charge in [-0.05, 0) is 74.8 Å². The van der Waals surface area contributed by atoms with Crippen molar-refractivity contribution in [3.05, 3.63) is 53.1 Å². The van der Waals surface area contributed by atoms with Crippen LogP contribution in [-0.2, 0) is 25.6 Å². The van der Waals surface area contributed by atoms with Crippen molar-refractivity contribution in [2.75, 3.05) is 25.1 Å². The molecule has 1 aromatic heterocycles. The van der Waals surface area contributed by atoms with Crippen LogP contribution in [0.4, 0.5) is 20.5 Å². The van der Waals surface area contributed by atoms with Crippen molar-refractivity contribution >= 4 is 34.6 Å². The third kappa shape index (κ3) is 6.65. The maximum atomic E-state index is 15.2. The third-order valence-corrected chi connectivity index (χ3v) is 7.61. The molecule has 2 aliphatic rings. The largest absolute Gasteiger partial charge is 0.481 e. The minimum absolute atomic E-state index is 0.000383. The molecular weight excluding hydrogens is 524 g/mol. The van der Waals surface area contributed by atoms with Gasteiger partial charge in [0.15, 0.2) is 17.2 Å². The predicted octanol–water partition coefficient (Wildman–Crippen LogP) is 5.33. The number of hydroxylamine groups is 2. The first kappa shape index (κ1) is 28.1. The normalized spacial score (nSPS) is 21.6. The summed E-state index contributed by atoms with van der Waals surface area (Å²) in [7, 11) is 0. The Morgan fingerprint density at radius 3 is 2.73 bits per heavy atom.